The Morgan fingerprint density at radius 3 is 2.56 bits per heavy atom. The van der Waals surface area contributed by atoms with Crippen molar-refractivity contribution in [3.63, 3.8) is 0 Å². The van der Waals surface area contributed by atoms with Crippen LogP contribution in [0, 0.1) is 0 Å². The molecule has 1 aromatic heterocycles. The lowest BCUT2D eigenvalue weighted by Crippen LogP contribution is -2.12. The highest BCUT2D eigenvalue weighted by Gasteiger charge is 2.07. The summed E-state index contributed by atoms with van der Waals surface area (Å²) in [5.41, 5.74) is 7.18. The van der Waals surface area contributed by atoms with Crippen molar-refractivity contribution in [2.75, 3.05) is 17.7 Å². The van der Waals surface area contributed by atoms with Gasteiger partial charge in [-0.15, -0.1) is 0 Å². The van der Waals surface area contributed by atoms with Crippen LogP contribution in [0.15, 0.2) is 36.7 Å². The molecular formula is C11H11ClN4. The van der Waals surface area contributed by atoms with Crippen LogP contribution in [0.1, 0.15) is 0 Å². The average Bonchev–Trinajstić information content (AvgIpc) is 2.33. The van der Waals surface area contributed by atoms with E-state index in [9.17, 15) is 0 Å². The van der Waals surface area contributed by atoms with Crippen molar-refractivity contribution < 1.29 is 0 Å². The second kappa shape index (κ2) is 4.37. The van der Waals surface area contributed by atoms with Crippen molar-refractivity contribution in [2.24, 2.45) is 0 Å². The lowest BCUT2D eigenvalue weighted by molar-refractivity contribution is 1.04. The van der Waals surface area contributed by atoms with Crippen molar-refractivity contribution in [1.82, 2.24) is 9.97 Å². The fourth-order valence-electron chi connectivity index (χ4n) is 1.32. The summed E-state index contributed by atoms with van der Waals surface area (Å²) in [5.74, 6) is 0.615. The standard InChI is InChI=1S/C11H11ClN4/c1-16(11-14-5-2-6-15-11)8-3-4-9(12)10(13)7-8/h2-7H,13H2,1H3. The fourth-order valence-corrected chi connectivity index (χ4v) is 1.44. The molecule has 1 aromatic carbocycles. The summed E-state index contributed by atoms with van der Waals surface area (Å²) >= 11 is 5.86. The number of benzene rings is 1. The van der Waals surface area contributed by atoms with Gasteiger partial charge >= 0.3 is 0 Å². The molecule has 2 aromatic rings. The first-order valence-electron chi connectivity index (χ1n) is 4.74. The summed E-state index contributed by atoms with van der Waals surface area (Å²) in [7, 11) is 1.87. The highest BCUT2D eigenvalue weighted by molar-refractivity contribution is 6.33. The van der Waals surface area contributed by atoms with E-state index < -0.39 is 0 Å². The van der Waals surface area contributed by atoms with E-state index in [4.69, 9.17) is 17.3 Å². The van der Waals surface area contributed by atoms with Gasteiger partial charge in [-0.1, -0.05) is 11.6 Å². The van der Waals surface area contributed by atoms with Gasteiger partial charge in [-0.2, -0.15) is 0 Å². The highest BCUT2D eigenvalue weighted by atomic mass is 35.5. The molecule has 0 saturated carbocycles. The van der Waals surface area contributed by atoms with Gasteiger partial charge in [0.2, 0.25) is 5.95 Å². The minimum atomic E-state index is 0.543. The summed E-state index contributed by atoms with van der Waals surface area (Å²) in [6.07, 6.45) is 3.39. The van der Waals surface area contributed by atoms with Crippen LogP contribution in [0.3, 0.4) is 0 Å². The molecule has 0 amide bonds. The van der Waals surface area contributed by atoms with Crippen LogP contribution < -0.4 is 10.6 Å². The van der Waals surface area contributed by atoms with Gasteiger partial charge in [0, 0.05) is 25.1 Å². The number of aromatic nitrogens is 2. The molecule has 1 heterocycles. The van der Waals surface area contributed by atoms with E-state index in [1.807, 2.05) is 18.0 Å². The van der Waals surface area contributed by atoms with E-state index in [2.05, 4.69) is 9.97 Å². The first-order valence-corrected chi connectivity index (χ1v) is 5.12. The Labute approximate surface area is 98.7 Å². The molecule has 0 saturated heterocycles. The van der Waals surface area contributed by atoms with E-state index in [0.29, 0.717) is 16.7 Å². The Bertz CT molecular complexity index is 487. The minimum absolute atomic E-state index is 0.543. The smallest absolute Gasteiger partial charge is 0.229 e. The van der Waals surface area contributed by atoms with Gasteiger partial charge in [0.25, 0.3) is 0 Å². The predicted molar refractivity (Wildman–Crippen MR) is 66.0 cm³/mol. The minimum Gasteiger partial charge on any atom is -0.397 e. The quantitative estimate of drug-likeness (QED) is 0.812. The molecule has 0 radical (unpaired) electrons. The summed E-state index contributed by atoms with van der Waals surface area (Å²) in [6.45, 7) is 0. The van der Waals surface area contributed by atoms with Gasteiger partial charge in [0.05, 0.1) is 10.7 Å². The van der Waals surface area contributed by atoms with Crippen molar-refractivity contribution in [1.29, 1.82) is 0 Å². The zero-order valence-corrected chi connectivity index (χ0v) is 9.52. The Hall–Kier alpha value is -1.81. The number of hydrogen-bond donors (Lipinski definition) is 1. The number of rotatable bonds is 2. The van der Waals surface area contributed by atoms with Crippen molar-refractivity contribution in [2.45, 2.75) is 0 Å². The largest absolute Gasteiger partial charge is 0.397 e. The van der Waals surface area contributed by atoms with Gasteiger partial charge in [-0.25, -0.2) is 9.97 Å². The molecule has 0 aliphatic carbocycles. The van der Waals surface area contributed by atoms with Gasteiger partial charge in [-0.3, -0.25) is 0 Å². The van der Waals surface area contributed by atoms with E-state index in [0.717, 1.165) is 5.69 Å². The Morgan fingerprint density at radius 2 is 1.94 bits per heavy atom. The number of halogens is 1. The first-order chi connectivity index (χ1) is 7.68. The maximum atomic E-state index is 5.86. The third-order valence-electron chi connectivity index (χ3n) is 2.22. The lowest BCUT2D eigenvalue weighted by atomic mass is 10.2. The van der Waals surface area contributed by atoms with Gasteiger partial charge in [-0.05, 0) is 24.3 Å². The number of nitrogen functional groups attached to an aromatic ring is 1. The third kappa shape index (κ3) is 2.06. The van der Waals surface area contributed by atoms with Crippen LogP contribution >= 0.6 is 11.6 Å². The maximum Gasteiger partial charge on any atom is 0.229 e. The van der Waals surface area contributed by atoms with Crippen LogP contribution in [-0.4, -0.2) is 17.0 Å². The molecule has 5 heteroatoms. The second-order valence-corrected chi connectivity index (χ2v) is 3.72. The molecule has 0 unspecified atom stereocenters. The van der Waals surface area contributed by atoms with Gasteiger partial charge < -0.3 is 10.6 Å². The molecule has 0 aliphatic rings. The zero-order chi connectivity index (χ0) is 11.5. The Kier molecular flexibility index (Phi) is 2.92. The molecule has 4 nitrogen and oxygen atoms in total. The molecular weight excluding hydrogens is 224 g/mol. The third-order valence-corrected chi connectivity index (χ3v) is 2.56. The molecule has 0 bridgehead atoms. The van der Waals surface area contributed by atoms with Crippen LogP contribution in [0.25, 0.3) is 0 Å². The van der Waals surface area contributed by atoms with Crippen molar-refractivity contribution >= 4 is 28.9 Å². The molecule has 2 N–H and O–H groups in total. The highest BCUT2D eigenvalue weighted by Crippen LogP contribution is 2.26. The van der Waals surface area contributed by atoms with Crippen LogP contribution in [0.5, 0.6) is 0 Å². The fraction of sp³-hybridized carbons (Fsp3) is 0.0909. The molecule has 0 aliphatic heterocycles. The summed E-state index contributed by atoms with van der Waals surface area (Å²) in [6, 6.07) is 7.19. The van der Waals surface area contributed by atoms with E-state index in [-0.39, 0.29) is 0 Å². The number of hydrogen-bond acceptors (Lipinski definition) is 4. The summed E-state index contributed by atoms with van der Waals surface area (Å²) in [5, 5.41) is 0.547. The van der Waals surface area contributed by atoms with Gasteiger partial charge in [0.1, 0.15) is 0 Å². The van der Waals surface area contributed by atoms with Crippen molar-refractivity contribution in [3.05, 3.63) is 41.7 Å². The average molecular weight is 235 g/mol. The maximum absolute atomic E-state index is 5.86. The van der Waals surface area contributed by atoms with E-state index in [1.54, 1.807) is 30.6 Å². The molecule has 0 atom stereocenters. The monoisotopic (exact) mass is 234 g/mol. The van der Waals surface area contributed by atoms with Crippen LogP contribution in [-0.2, 0) is 0 Å². The second-order valence-electron chi connectivity index (χ2n) is 3.31. The van der Waals surface area contributed by atoms with Gasteiger partial charge in [0.15, 0.2) is 0 Å². The number of anilines is 3. The number of nitrogens with two attached hydrogens (primary N) is 1. The molecule has 16 heavy (non-hydrogen) atoms. The van der Waals surface area contributed by atoms with E-state index in [1.165, 1.54) is 0 Å². The van der Waals surface area contributed by atoms with Crippen LogP contribution in [0.2, 0.25) is 5.02 Å². The molecule has 0 fully saturated rings. The zero-order valence-electron chi connectivity index (χ0n) is 8.76. The Balaban J connectivity index is 2.34. The predicted octanol–water partition coefficient (Wildman–Crippen LogP) is 2.48. The summed E-state index contributed by atoms with van der Waals surface area (Å²) in [4.78, 5) is 10.1. The summed E-state index contributed by atoms with van der Waals surface area (Å²) < 4.78 is 0. The first kappa shape index (κ1) is 10.7. The topological polar surface area (TPSA) is 55.0 Å². The van der Waals surface area contributed by atoms with E-state index >= 15 is 0 Å². The molecule has 0 spiro atoms. The number of nitrogens with zero attached hydrogens (tertiary/aromatic N) is 3. The lowest BCUT2D eigenvalue weighted by Gasteiger charge is -2.17. The van der Waals surface area contributed by atoms with Crippen molar-refractivity contribution in [3.8, 4) is 0 Å². The van der Waals surface area contributed by atoms with Crippen LogP contribution in [0.4, 0.5) is 17.3 Å². The molecule has 82 valence electrons. The normalized spacial score (nSPS) is 10.1. The molecule has 2 rings (SSSR count). The SMILES string of the molecule is CN(c1ccc(Cl)c(N)c1)c1ncccn1. The Morgan fingerprint density at radius 1 is 1.25 bits per heavy atom.